The molecule has 2 aromatic heterocycles. The van der Waals surface area contributed by atoms with Crippen molar-refractivity contribution in [1.29, 1.82) is 0 Å². The van der Waals surface area contributed by atoms with Crippen LogP contribution in [-0.4, -0.2) is 17.6 Å². The van der Waals surface area contributed by atoms with Crippen molar-refractivity contribution in [2.45, 2.75) is 20.8 Å². The van der Waals surface area contributed by atoms with Crippen molar-refractivity contribution in [3.05, 3.63) is 57.4 Å². The number of carbonyl (C=O) groups excluding carboxylic acids is 1. The monoisotopic (exact) mass is 327 g/mol. The maximum Gasteiger partial charge on any atom is 0.343 e. The maximum absolute atomic E-state index is 12.0. The number of pyridine rings is 1. The van der Waals surface area contributed by atoms with Gasteiger partial charge in [0.25, 0.3) is 5.56 Å². The third kappa shape index (κ3) is 2.92. The van der Waals surface area contributed by atoms with E-state index in [1.807, 2.05) is 6.07 Å². The topological polar surface area (TPSA) is 59.2 Å². The number of aryl methyl sites for hydroxylation is 2. The van der Waals surface area contributed by atoms with Gasteiger partial charge in [-0.15, -0.1) is 11.3 Å². The SMILES string of the molecule is CCOC(=O)c1cc2sc(-c3ccc(C)c(C)c3)cc2[nH]c1=O. The van der Waals surface area contributed by atoms with E-state index in [9.17, 15) is 9.59 Å². The van der Waals surface area contributed by atoms with E-state index in [4.69, 9.17) is 4.74 Å². The van der Waals surface area contributed by atoms with Crippen LogP contribution in [0.25, 0.3) is 20.7 Å². The maximum atomic E-state index is 12.0. The van der Waals surface area contributed by atoms with Crippen molar-refractivity contribution in [1.82, 2.24) is 4.98 Å². The number of rotatable bonds is 3. The number of thiophene rings is 1. The Hall–Kier alpha value is -2.40. The normalized spacial score (nSPS) is 10.9. The molecule has 0 unspecified atom stereocenters. The number of aromatic amines is 1. The number of aromatic nitrogens is 1. The zero-order valence-corrected chi connectivity index (χ0v) is 14.0. The molecule has 3 aromatic rings. The third-order valence-electron chi connectivity index (χ3n) is 3.82. The Kier molecular flexibility index (Phi) is 4.05. The molecule has 1 N–H and O–H groups in total. The summed E-state index contributed by atoms with van der Waals surface area (Å²) in [7, 11) is 0. The van der Waals surface area contributed by atoms with Gasteiger partial charge in [-0.25, -0.2) is 4.79 Å². The van der Waals surface area contributed by atoms with Crippen molar-refractivity contribution in [2.75, 3.05) is 6.61 Å². The van der Waals surface area contributed by atoms with E-state index in [1.54, 1.807) is 24.3 Å². The molecular formula is C18H17NO3S. The molecule has 4 nitrogen and oxygen atoms in total. The van der Waals surface area contributed by atoms with Crippen LogP contribution in [0.4, 0.5) is 0 Å². The number of hydrogen-bond donors (Lipinski definition) is 1. The number of nitrogens with one attached hydrogen (secondary N) is 1. The minimum absolute atomic E-state index is 0.0489. The van der Waals surface area contributed by atoms with Crippen molar-refractivity contribution in [3.63, 3.8) is 0 Å². The predicted molar refractivity (Wildman–Crippen MR) is 93.3 cm³/mol. The Morgan fingerprint density at radius 3 is 2.65 bits per heavy atom. The van der Waals surface area contributed by atoms with E-state index in [-0.39, 0.29) is 12.2 Å². The lowest BCUT2D eigenvalue weighted by molar-refractivity contribution is 0.0524. The molecule has 0 saturated carbocycles. The van der Waals surface area contributed by atoms with Gasteiger partial charge in [0.1, 0.15) is 5.56 Å². The van der Waals surface area contributed by atoms with Crippen molar-refractivity contribution in [3.8, 4) is 10.4 Å². The Bertz CT molecular complexity index is 953. The summed E-state index contributed by atoms with van der Waals surface area (Å²) in [4.78, 5) is 27.7. The summed E-state index contributed by atoms with van der Waals surface area (Å²) in [6.07, 6.45) is 0. The minimum atomic E-state index is -0.586. The molecule has 1 aromatic carbocycles. The molecule has 118 valence electrons. The summed E-state index contributed by atoms with van der Waals surface area (Å²) >= 11 is 1.55. The first-order chi connectivity index (χ1) is 11.0. The van der Waals surface area contributed by atoms with Crippen LogP contribution in [0.1, 0.15) is 28.4 Å². The third-order valence-corrected chi connectivity index (χ3v) is 4.95. The summed E-state index contributed by atoms with van der Waals surface area (Å²) < 4.78 is 5.79. The van der Waals surface area contributed by atoms with Gasteiger partial charge in [0.05, 0.1) is 16.8 Å². The second-order valence-electron chi connectivity index (χ2n) is 5.42. The Morgan fingerprint density at radius 1 is 1.17 bits per heavy atom. The molecule has 3 rings (SSSR count). The molecule has 0 spiro atoms. The first-order valence-corrected chi connectivity index (χ1v) is 8.23. The average molecular weight is 327 g/mol. The fraction of sp³-hybridized carbons (Fsp3) is 0.222. The molecule has 0 saturated heterocycles. The zero-order chi connectivity index (χ0) is 16.6. The van der Waals surface area contributed by atoms with Crippen molar-refractivity contribution >= 4 is 27.5 Å². The number of fused-ring (bicyclic) bond motifs is 1. The molecular weight excluding hydrogens is 310 g/mol. The molecule has 2 heterocycles. The van der Waals surface area contributed by atoms with Crippen LogP contribution in [0.5, 0.6) is 0 Å². The zero-order valence-electron chi connectivity index (χ0n) is 13.2. The largest absolute Gasteiger partial charge is 0.462 e. The van der Waals surface area contributed by atoms with Crippen LogP contribution in [-0.2, 0) is 4.74 Å². The molecule has 0 aliphatic rings. The van der Waals surface area contributed by atoms with E-state index >= 15 is 0 Å². The van der Waals surface area contributed by atoms with Gasteiger partial charge < -0.3 is 9.72 Å². The van der Waals surface area contributed by atoms with Gasteiger partial charge in [0.15, 0.2) is 0 Å². The van der Waals surface area contributed by atoms with Crippen LogP contribution >= 0.6 is 11.3 Å². The van der Waals surface area contributed by atoms with E-state index in [1.165, 1.54) is 11.1 Å². The molecule has 0 atom stereocenters. The molecule has 0 radical (unpaired) electrons. The summed E-state index contributed by atoms with van der Waals surface area (Å²) in [6.45, 7) is 6.11. The lowest BCUT2D eigenvalue weighted by atomic mass is 10.1. The average Bonchev–Trinajstić information content (AvgIpc) is 2.92. The molecule has 0 fully saturated rings. The van der Waals surface area contributed by atoms with Crippen LogP contribution in [0.15, 0.2) is 35.1 Å². The number of hydrogen-bond acceptors (Lipinski definition) is 4. The van der Waals surface area contributed by atoms with Crippen LogP contribution in [0.3, 0.4) is 0 Å². The summed E-state index contributed by atoms with van der Waals surface area (Å²) in [5.74, 6) is -0.586. The lowest BCUT2D eigenvalue weighted by Crippen LogP contribution is -2.19. The minimum Gasteiger partial charge on any atom is -0.462 e. The van der Waals surface area contributed by atoms with Gasteiger partial charge in [-0.05, 0) is 49.6 Å². The molecule has 5 heteroatoms. The Labute approximate surface area is 137 Å². The van der Waals surface area contributed by atoms with Gasteiger partial charge in [-0.2, -0.15) is 0 Å². The number of H-pyrrole nitrogens is 1. The predicted octanol–water partition coefficient (Wildman–Crippen LogP) is 4.05. The first kappa shape index (κ1) is 15.5. The quantitative estimate of drug-likeness (QED) is 0.738. The van der Waals surface area contributed by atoms with Gasteiger partial charge >= 0.3 is 5.97 Å². The lowest BCUT2D eigenvalue weighted by Gasteiger charge is -2.02. The Morgan fingerprint density at radius 2 is 1.96 bits per heavy atom. The fourth-order valence-electron chi connectivity index (χ4n) is 2.39. The number of esters is 1. The number of ether oxygens (including phenoxy) is 1. The highest BCUT2D eigenvalue weighted by atomic mass is 32.1. The van der Waals surface area contributed by atoms with E-state index < -0.39 is 11.5 Å². The molecule has 0 aliphatic heterocycles. The summed E-state index contributed by atoms with van der Waals surface area (Å²) in [5, 5.41) is 0. The van der Waals surface area contributed by atoms with E-state index in [0.717, 1.165) is 20.7 Å². The van der Waals surface area contributed by atoms with Crippen molar-refractivity contribution < 1.29 is 9.53 Å². The van der Waals surface area contributed by atoms with Crippen LogP contribution in [0, 0.1) is 13.8 Å². The highest BCUT2D eigenvalue weighted by Gasteiger charge is 2.15. The highest BCUT2D eigenvalue weighted by molar-refractivity contribution is 7.22. The van der Waals surface area contributed by atoms with Gasteiger partial charge in [0, 0.05) is 4.88 Å². The first-order valence-electron chi connectivity index (χ1n) is 7.41. The smallest absolute Gasteiger partial charge is 0.343 e. The number of benzene rings is 1. The molecule has 0 aliphatic carbocycles. The number of carbonyl (C=O) groups is 1. The molecule has 0 bridgehead atoms. The van der Waals surface area contributed by atoms with Gasteiger partial charge in [0.2, 0.25) is 0 Å². The van der Waals surface area contributed by atoms with Crippen molar-refractivity contribution in [2.24, 2.45) is 0 Å². The highest BCUT2D eigenvalue weighted by Crippen LogP contribution is 2.33. The summed E-state index contributed by atoms with van der Waals surface area (Å²) in [5.41, 5.74) is 3.94. The van der Waals surface area contributed by atoms with E-state index in [0.29, 0.717) is 0 Å². The van der Waals surface area contributed by atoms with Gasteiger partial charge in [-0.1, -0.05) is 18.2 Å². The molecule has 0 amide bonds. The molecule has 23 heavy (non-hydrogen) atoms. The van der Waals surface area contributed by atoms with E-state index in [2.05, 4.69) is 37.0 Å². The van der Waals surface area contributed by atoms with Crippen LogP contribution < -0.4 is 5.56 Å². The van der Waals surface area contributed by atoms with Gasteiger partial charge in [-0.3, -0.25) is 4.79 Å². The van der Waals surface area contributed by atoms with Crippen LogP contribution in [0.2, 0.25) is 0 Å². The second kappa shape index (κ2) is 6.01. The Balaban J connectivity index is 2.10. The fourth-order valence-corrected chi connectivity index (χ4v) is 3.45. The summed E-state index contributed by atoms with van der Waals surface area (Å²) in [6, 6.07) is 9.84. The standard InChI is InChI=1S/C18H17NO3S/c1-4-22-18(21)13-8-16-14(19-17(13)20)9-15(23-16)12-6-5-10(2)11(3)7-12/h5-9H,4H2,1-3H3,(H,19,20). The second-order valence-corrected chi connectivity index (χ2v) is 6.50.